The molecule has 0 aliphatic carbocycles. The normalized spacial score (nSPS) is 20.7. The maximum Gasteiger partial charge on any atom is 0.173 e. The molecule has 2 nitrogen and oxygen atoms in total. The number of halogens is 3. The van der Waals surface area contributed by atoms with E-state index >= 15 is 0 Å². The van der Waals surface area contributed by atoms with Crippen molar-refractivity contribution in [3.8, 4) is 0 Å². The molecule has 5 heteroatoms. The van der Waals surface area contributed by atoms with Gasteiger partial charge >= 0.3 is 0 Å². The van der Waals surface area contributed by atoms with E-state index < -0.39 is 11.6 Å². The SMILES string of the molecule is NC(CCCC1CCCO1)c1ccc(F)c(F)c1Br. The third-order valence-corrected chi connectivity index (χ3v) is 4.34. The van der Waals surface area contributed by atoms with E-state index in [2.05, 4.69) is 15.9 Å². The van der Waals surface area contributed by atoms with Gasteiger partial charge in [-0.25, -0.2) is 8.78 Å². The highest BCUT2D eigenvalue weighted by molar-refractivity contribution is 9.10. The Hall–Kier alpha value is -0.520. The molecule has 0 bridgehead atoms. The second-order valence-electron chi connectivity index (χ2n) is 4.94. The Labute approximate surface area is 120 Å². The predicted molar refractivity (Wildman–Crippen MR) is 73.8 cm³/mol. The van der Waals surface area contributed by atoms with Crippen molar-refractivity contribution in [3.05, 3.63) is 33.8 Å². The van der Waals surface area contributed by atoms with Crippen LogP contribution in [0.2, 0.25) is 0 Å². The number of benzene rings is 1. The van der Waals surface area contributed by atoms with E-state index in [9.17, 15) is 8.78 Å². The zero-order valence-electron chi connectivity index (χ0n) is 10.7. The van der Waals surface area contributed by atoms with Crippen LogP contribution in [-0.4, -0.2) is 12.7 Å². The molecular weight excluding hydrogens is 316 g/mol. The second-order valence-corrected chi connectivity index (χ2v) is 5.73. The molecule has 1 aliphatic heterocycles. The molecule has 1 saturated heterocycles. The van der Waals surface area contributed by atoms with Crippen LogP contribution in [0.4, 0.5) is 8.78 Å². The number of hydrogen-bond acceptors (Lipinski definition) is 2. The van der Waals surface area contributed by atoms with Crippen molar-refractivity contribution in [1.82, 2.24) is 0 Å². The standard InChI is InChI=1S/C14H18BrF2NO/c15-13-10(6-7-11(16)14(13)17)12(18)5-1-3-9-4-2-8-19-9/h6-7,9,12H,1-5,8,18H2. The van der Waals surface area contributed by atoms with E-state index in [1.165, 1.54) is 0 Å². The Morgan fingerprint density at radius 2 is 2.21 bits per heavy atom. The molecule has 2 N–H and O–H groups in total. The first kappa shape index (κ1) is 14.9. The molecule has 0 saturated carbocycles. The van der Waals surface area contributed by atoms with Crippen LogP contribution in [-0.2, 0) is 4.74 Å². The van der Waals surface area contributed by atoms with Crippen molar-refractivity contribution < 1.29 is 13.5 Å². The molecule has 0 aromatic heterocycles. The lowest BCUT2D eigenvalue weighted by Gasteiger charge is -2.16. The fourth-order valence-electron chi connectivity index (χ4n) is 2.42. The van der Waals surface area contributed by atoms with Crippen LogP contribution in [0.15, 0.2) is 16.6 Å². The Morgan fingerprint density at radius 3 is 2.89 bits per heavy atom. The third kappa shape index (κ3) is 3.74. The largest absolute Gasteiger partial charge is 0.378 e. The summed E-state index contributed by atoms with van der Waals surface area (Å²) in [6.07, 6.45) is 5.24. The minimum Gasteiger partial charge on any atom is -0.378 e. The van der Waals surface area contributed by atoms with E-state index in [0.29, 0.717) is 11.7 Å². The smallest absolute Gasteiger partial charge is 0.173 e. The van der Waals surface area contributed by atoms with Crippen molar-refractivity contribution >= 4 is 15.9 Å². The number of hydrogen-bond donors (Lipinski definition) is 1. The monoisotopic (exact) mass is 333 g/mol. The van der Waals surface area contributed by atoms with Crippen LogP contribution in [0.1, 0.15) is 43.7 Å². The van der Waals surface area contributed by atoms with Gasteiger partial charge in [-0.3, -0.25) is 0 Å². The van der Waals surface area contributed by atoms with Gasteiger partial charge in [-0.1, -0.05) is 6.07 Å². The van der Waals surface area contributed by atoms with E-state index in [1.54, 1.807) is 6.07 Å². The molecule has 1 aliphatic rings. The minimum atomic E-state index is -0.868. The quantitative estimate of drug-likeness (QED) is 0.824. The van der Waals surface area contributed by atoms with E-state index in [0.717, 1.165) is 44.8 Å². The van der Waals surface area contributed by atoms with Gasteiger partial charge in [0.25, 0.3) is 0 Å². The van der Waals surface area contributed by atoms with Gasteiger partial charge in [-0.15, -0.1) is 0 Å². The lowest BCUT2D eigenvalue weighted by molar-refractivity contribution is 0.101. The fraction of sp³-hybridized carbons (Fsp3) is 0.571. The number of ether oxygens (including phenoxy) is 1. The second kappa shape index (κ2) is 6.77. The zero-order chi connectivity index (χ0) is 13.8. The van der Waals surface area contributed by atoms with Gasteiger partial charge in [-0.2, -0.15) is 0 Å². The van der Waals surface area contributed by atoms with Crippen molar-refractivity contribution in [2.75, 3.05) is 6.61 Å². The highest BCUT2D eigenvalue weighted by Crippen LogP contribution is 2.29. The highest BCUT2D eigenvalue weighted by atomic mass is 79.9. The maximum absolute atomic E-state index is 13.4. The molecule has 2 rings (SSSR count). The van der Waals surface area contributed by atoms with Gasteiger partial charge < -0.3 is 10.5 Å². The summed E-state index contributed by atoms with van der Waals surface area (Å²) in [7, 11) is 0. The summed E-state index contributed by atoms with van der Waals surface area (Å²) in [5, 5.41) is 0. The van der Waals surface area contributed by atoms with Crippen molar-refractivity contribution in [3.63, 3.8) is 0 Å². The van der Waals surface area contributed by atoms with Crippen LogP contribution in [0.25, 0.3) is 0 Å². The molecule has 0 radical (unpaired) electrons. The molecule has 1 aromatic carbocycles. The van der Waals surface area contributed by atoms with Gasteiger partial charge in [0.2, 0.25) is 0 Å². The average molecular weight is 334 g/mol. The molecule has 106 valence electrons. The molecule has 2 unspecified atom stereocenters. The predicted octanol–water partition coefficient (Wildman–Crippen LogP) is 4.08. The molecule has 0 amide bonds. The van der Waals surface area contributed by atoms with Gasteiger partial charge in [-0.05, 0) is 59.7 Å². The Kier molecular flexibility index (Phi) is 5.30. The molecule has 1 heterocycles. The minimum absolute atomic E-state index is 0.136. The van der Waals surface area contributed by atoms with Gasteiger partial charge in [0.05, 0.1) is 10.6 Å². The number of rotatable bonds is 5. The van der Waals surface area contributed by atoms with E-state index in [4.69, 9.17) is 10.5 Å². The molecule has 1 fully saturated rings. The lowest BCUT2D eigenvalue weighted by atomic mass is 10.00. The third-order valence-electron chi connectivity index (χ3n) is 3.53. The highest BCUT2D eigenvalue weighted by Gasteiger charge is 2.18. The first-order valence-corrected chi connectivity index (χ1v) is 7.39. The summed E-state index contributed by atoms with van der Waals surface area (Å²) in [4.78, 5) is 0. The van der Waals surface area contributed by atoms with Crippen LogP contribution < -0.4 is 5.73 Å². The molecule has 19 heavy (non-hydrogen) atoms. The van der Waals surface area contributed by atoms with Crippen LogP contribution >= 0.6 is 15.9 Å². The first-order valence-electron chi connectivity index (χ1n) is 6.60. The number of nitrogens with two attached hydrogens (primary N) is 1. The topological polar surface area (TPSA) is 35.2 Å². The van der Waals surface area contributed by atoms with Gasteiger partial charge in [0.1, 0.15) is 0 Å². The molecule has 0 spiro atoms. The zero-order valence-corrected chi connectivity index (χ0v) is 12.3. The first-order chi connectivity index (χ1) is 9.09. The molecule has 1 aromatic rings. The summed E-state index contributed by atoms with van der Waals surface area (Å²) in [6.45, 7) is 0.853. The van der Waals surface area contributed by atoms with Crippen molar-refractivity contribution in [1.29, 1.82) is 0 Å². The Balaban J connectivity index is 1.88. The summed E-state index contributed by atoms with van der Waals surface area (Å²) < 4.78 is 32.1. The summed E-state index contributed by atoms with van der Waals surface area (Å²) in [5.74, 6) is -1.73. The van der Waals surface area contributed by atoms with E-state index in [1.807, 2.05) is 0 Å². The maximum atomic E-state index is 13.4. The lowest BCUT2D eigenvalue weighted by Crippen LogP contribution is -2.13. The van der Waals surface area contributed by atoms with Crippen LogP contribution in [0.3, 0.4) is 0 Å². The van der Waals surface area contributed by atoms with Gasteiger partial charge in [0.15, 0.2) is 11.6 Å². The fourth-order valence-corrected chi connectivity index (χ4v) is 3.04. The van der Waals surface area contributed by atoms with Gasteiger partial charge in [0, 0.05) is 12.6 Å². The summed E-state index contributed by atoms with van der Waals surface area (Å²) in [5.41, 5.74) is 6.66. The molecular formula is C14H18BrF2NO. The van der Waals surface area contributed by atoms with Crippen molar-refractivity contribution in [2.24, 2.45) is 5.73 Å². The Bertz CT molecular complexity index is 436. The molecule has 2 atom stereocenters. The summed E-state index contributed by atoms with van der Waals surface area (Å²) in [6, 6.07) is 2.38. The van der Waals surface area contributed by atoms with Crippen molar-refractivity contribution in [2.45, 2.75) is 44.2 Å². The van der Waals surface area contributed by atoms with Crippen LogP contribution in [0.5, 0.6) is 0 Å². The Morgan fingerprint density at radius 1 is 1.42 bits per heavy atom. The van der Waals surface area contributed by atoms with E-state index in [-0.39, 0.29) is 10.5 Å². The van der Waals surface area contributed by atoms with Crippen LogP contribution in [0, 0.1) is 11.6 Å². The summed E-state index contributed by atoms with van der Waals surface area (Å²) >= 11 is 3.07. The average Bonchev–Trinajstić information content (AvgIpc) is 2.89.